The van der Waals surface area contributed by atoms with Crippen LogP contribution < -0.4 is 5.32 Å². The van der Waals surface area contributed by atoms with E-state index in [0.717, 1.165) is 5.69 Å². The molecule has 1 saturated heterocycles. The maximum atomic E-state index is 10.8. The zero-order valence-corrected chi connectivity index (χ0v) is 7.91. The maximum absolute atomic E-state index is 10.8. The Bertz CT molecular complexity index is 356. The molecule has 0 unspecified atom stereocenters. The summed E-state index contributed by atoms with van der Waals surface area (Å²) in [5.74, 6) is 0. The van der Waals surface area contributed by atoms with Crippen molar-refractivity contribution >= 4 is 12.2 Å². The molecule has 0 aliphatic carbocycles. The molecule has 2 N–H and O–H groups in total. The molecule has 2 heterocycles. The fraction of sp³-hybridized carbons (Fsp3) is 0.300. The molecule has 1 aromatic rings. The Morgan fingerprint density at radius 2 is 2.50 bits per heavy atom. The quantitative estimate of drug-likeness (QED) is 0.746. The summed E-state index contributed by atoms with van der Waals surface area (Å²) in [5.41, 5.74) is 0.620. The first-order valence-electron chi connectivity index (χ1n) is 4.46. The first kappa shape index (κ1) is 8.87. The first-order valence-corrected chi connectivity index (χ1v) is 4.46. The number of amides is 1. The smallest absolute Gasteiger partial charge is 0.408 e. The number of rotatable bonds is 2. The molecule has 1 aliphatic heterocycles. The fourth-order valence-electron chi connectivity index (χ4n) is 1.33. The molecule has 2 rings (SSSR count). The van der Waals surface area contributed by atoms with Gasteiger partial charge in [-0.1, -0.05) is 6.08 Å². The number of hydrogen-bond acceptors (Lipinski definition) is 2. The second-order valence-electron chi connectivity index (χ2n) is 3.58. The summed E-state index contributed by atoms with van der Waals surface area (Å²) in [4.78, 5) is 13.9. The third-order valence-corrected chi connectivity index (χ3v) is 2.14. The summed E-state index contributed by atoms with van der Waals surface area (Å²) in [5, 5.41) is 2.73. The summed E-state index contributed by atoms with van der Waals surface area (Å²) in [6.07, 6.45) is 5.34. The normalized spacial score (nSPS) is 26.5. The molecule has 0 saturated carbocycles. The van der Waals surface area contributed by atoms with E-state index in [2.05, 4.69) is 10.3 Å². The van der Waals surface area contributed by atoms with Crippen molar-refractivity contribution in [1.29, 1.82) is 0 Å². The summed E-state index contributed by atoms with van der Waals surface area (Å²) >= 11 is 0. The zero-order valence-electron chi connectivity index (χ0n) is 7.91. The van der Waals surface area contributed by atoms with Crippen LogP contribution in [0.3, 0.4) is 0 Å². The molecule has 0 radical (unpaired) electrons. The van der Waals surface area contributed by atoms with E-state index in [1.54, 1.807) is 0 Å². The van der Waals surface area contributed by atoms with Crippen molar-refractivity contribution < 1.29 is 9.53 Å². The number of aromatic amines is 1. The maximum Gasteiger partial charge on any atom is 0.408 e. The van der Waals surface area contributed by atoms with Gasteiger partial charge in [0.25, 0.3) is 0 Å². The van der Waals surface area contributed by atoms with Crippen LogP contribution in [0, 0.1) is 0 Å². The second-order valence-corrected chi connectivity index (χ2v) is 3.58. The average Bonchev–Trinajstić information content (AvgIpc) is 2.73. The number of aromatic nitrogens is 1. The third kappa shape index (κ3) is 1.79. The van der Waals surface area contributed by atoms with Gasteiger partial charge in [-0.15, -0.1) is 0 Å². The lowest BCUT2D eigenvalue weighted by Crippen LogP contribution is -2.37. The first-order chi connectivity index (χ1) is 6.68. The van der Waals surface area contributed by atoms with Crippen LogP contribution in [0.15, 0.2) is 24.4 Å². The monoisotopic (exact) mass is 192 g/mol. The number of hydrogen-bond donors (Lipinski definition) is 2. The number of alkyl carbamates (subject to hydrolysis) is 1. The van der Waals surface area contributed by atoms with E-state index in [4.69, 9.17) is 4.74 Å². The Morgan fingerprint density at radius 1 is 1.64 bits per heavy atom. The van der Waals surface area contributed by atoms with Crippen molar-refractivity contribution in [2.45, 2.75) is 12.5 Å². The predicted molar refractivity (Wildman–Crippen MR) is 52.7 cm³/mol. The lowest BCUT2D eigenvalue weighted by Gasteiger charge is -2.14. The number of carbonyl (C=O) groups is 1. The third-order valence-electron chi connectivity index (χ3n) is 2.14. The molecule has 14 heavy (non-hydrogen) atoms. The van der Waals surface area contributed by atoms with Gasteiger partial charge in [-0.25, -0.2) is 4.79 Å². The molecule has 4 heteroatoms. The minimum atomic E-state index is -0.387. The predicted octanol–water partition coefficient (Wildman–Crippen LogP) is 1.53. The van der Waals surface area contributed by atoms with Gasteiger partial charge < -0.3 is 15.0 Å². The van der Waals surface area contributed by atoms with Crippen molar-refractivity contribution in [2.75, 3.05) is 6.61 Å². The minimum Gasteiger partial charge on any atom is -0.447 e. The lowest BCUT2D eigenvalue weighted by atomic mass is 10.0. The van der Waals surface area contributed by atoms with Crippen molar-refractivity contribution in [1.82, 2.24) is 10.3 Å². The largest absolute Gasteiger partial charge is 0.447 e. The Hall–Kier alpha value is -1.71. The minimum absolute atomic E-state index is 0.358. The molecule has 0 spiro atoms. The lowest BCUT2D eigenvalue weighted by molar-refractivity contribution is 0.175. The molecule has 1 amide bonds. The second kappa shape index (κ2) is 3.21. The van der Waals surface area contributed by atoms with Crippen LogP contribution in [0.2, 0.25) is 0 Å². The van der Waals surface area contributed by atoms with Gasteiger partial charge in [0.1, 0.15) is 6.61 Å². The highest BCUT2D eigenvalue weighted by atomic mass is 16.6. The molecular weight excluding hydrogens is 180 g/mol. The van der Waals surface area contributed by atoms with E-state index >= 15 is 0 Å². The van der Waals surface area contributed by atoms with E-state index in [1.807, 2.05) is 37.4 Å². The zero-order chi connectivity index (χ0) is 10.0. The highest BCUT2D eigenvalue weighted by Crippen LogP contribution is 2.15. The van der Waals surface area contributed by atoms with Crippen LogP contribution >= 0.6 is 0 Å². The molecule has 4 nitrogen and oxygen atoms in total. The number of cyclic esters (lactones) is 1. The van der Waals surface area contributed by atoms with Gasteiger partial charge in [0, 0.05) is 11.9 Å². The van der Waals surface area contributed by atoms with E-state index in [9.17, 15) is 4.79 Å². The van der Waals surface area contributed by atoms with E-state index in [0.29, 0.717) is 6.61 Å². The van der Waals surface area contributed by atoms with E-state index in [-0.39, 0.29) is 11.6 Å². The van der Waals surface area contributed by atoms with Gasteiger partial charge in [0.15, 0.2) is 0 Å². The van der Waals surface area contributed by atoms with Crippen LogP contribution in [0.1, 0.15) is 12.6 Å². The van der Waals surface area contributed by atoms with Crippen LogP contribution in [0.4, 0.5) is 4.79 Å². The standard InChI is InChI=1S/C10H12N2O2/c1-10(7-14-9(13)12-10)5-4-8-3-2-6-11-8/h2-6,11H,7H2,1H3,(H,12,13)/t10-/m1/s1. The molecule has 1 atom stereocenters. The van der Waals surface area contributed by atoms with Crippen molar-refractivity contribution in [3.63, 3.8) is 0 Å². The molecule has 1 aliphatic rings. The molecule has 0 bridgehead atoms. The van der Waals surface area contributed by atoms with Gasteiger partial charge >= 0.3 is 6.09 Å². The molecule has 1 fully saturated rings. The number of ether oxygens (including phenoxy) is 1. The number of H-pyrrole nitrogens is 1. The van der Waals surface area contributed by atoms with Crippen LogP contribution in [0.25, 0.3) is 6.08 Å². The topological polar surface area (TPSA) is 54.1 Å². The highest BCUT2D eigenvalue weighted by Gasteiger charge is 2.31. The summed E-state index contributed by atoms with van der Waals surface area (Å²) in [7, 11) is 0. The van der Waals surface area contributed by atoms with Crippen molar-refractivity contribution in [3.05, 3.63) is 30.1 Å². The molecule has 74 valence electrons. The number of carbonyl (C=O) groups excluding carboxylic acids is 1. The van der Waals surface area contributed by atoms with Gasteiger partial charge in [0.05, 0.1) is 5.54 Å². The fourth-order valence-corrected chi connectivity index (χ4v) is 1.33. The summed E-state index contributed by atoms with van der Waals surface area (Å²) < 4.78 is 4.83. The number of nitrogens with one attached hydrogen (secondary N) is 2. The Balaban J connectivity index is 2.07. The molecule has 1 aromatic heterocycles. The summed E-state index contributed by atoms with van der Waals surface area (Å²) in [6, 6.07) is 3.88. The highest BCUT2D eigenvalue weighted by molar-refractivity contribution is 5.71. The van der Waals surface area contributed by atoms with Crippen molar-refractivity contribution in [3.8, 4) is 0 Å². The van der Waals surface area contributed by atoms with Crippen LogP contribution in [0.5, 0.6) is 0 Å². The molecule has 0 aromatic carbocycles. The van der Waals surface area contributed by atoms with Gasteiger partial charge in [0.2, 0.25) is 0 Å². The van der Waals surface area contributed by atoms with Crippen molar-refractivity contribution in [2.24, 2.45) is 0 Å². The van der Waals surface area contributed by atoms with E-state index in [1.165, 1.54) is 0 Å². The van der Waals surface area contributed by atoms with Crippen LogP contribution in [-0.4, -0.2) is 23.2 Å². The Labute approximate surface area is 82.0 Å². The van der Waals surface area contributed by atoms with E-state index < -0.39 is 0 Å². The van der Waals surface area contributed by atoms with Gasteiger partial charge in [-0.05, 0) is 25.1 Å². The van der Waals surface area contributed by atoms with Crippen LogP contribution in [-0.2, 0) is 4.74 Å². The molecular formula is C10H12N2O2. The SMILES string of the molecule is C[C@@]1(C=Cc2ccc[nH]2)COC(=O)N1. The Morgan fingerprint density at radius 3 is 3.07 bits per heavy atom. The average molecular weight is 192 g/mol. The van der Waals surface area contributed by atoms with Gasteiger partial charge in [-0.3, -0.25) is 0 Å². The summed E-state index contributed by atoms with van der Waals surface area (Å²) in [6.45, 7) is 2.29. The van der Waals surface area contributed by atoms with Gasteiger partial charge in [-0.2, -0.15) is 0 Å². The Kier molecular flexibility index (Phi) is 2.04.